The zero-order valence-corrected chi connectivity index (χ0v) is 10.6. The summed E-state index contributed by atoms with van der Waals surface area (Å²) >= 11 is 1.34. The van der Waals surface area contributed by atoms with Crippen molar-refractivity contribution in [2.45, 2.75) is 16.5 Å². The van der Waals surface area contributed by atoms with Crippen LogP contribution in [0.2, 0.25) is 0 Å². The van der Waals surface area contributed by atoms with Gasteiger partial charge >= 0.3 is 0 Å². The van der Waals surface area contributed by atoms with Crippen LogP contribution in [0.25, 0.3) is 11.2 Å². The van der Waals surface area contributed by atoms with Gasteiger partial charge in [0.25, 0.3) is 0 Å². The molecule has 0 spiro atoms. The molecular formula is C12H10FN5S. The molecule has 0 bridgehead atoms. The van der Waals surface area contributed by atoms with Gasteiger partial charge in [0.2, 0.25) is 0 Å². The van der Waals surface area contributed by atoms with Gasteiger partial charge in [-0.1, -0.05) is 17.8 Å². The average molecular weight is 275 g/mol. The Morgan fingerprint density at radius 2 is 2.16 bits per heavy atom. The Bertz CT molecular complexity index is 727. The lowest BCUT2D eigenvalue weighted by Crippen LogP contribution is -2.01. The Balaban J connectivity index is 2.06. The number of hydrogen-bond acceptors (Lipinski definition) is 5. The third-order valence-corrected chi connectivity index (χ3v) is 3.78. The minimum atomic E-state index is -0.303. The van der Waals surface area contributed by atoms with E-state index >= 15 is 0 Å². The molecule has 0 aliphatic heterocycles. The van der Waals surface area contributed by atoms with Crippen LogP contribution in [0.4, 0.5) is 4.39 Å². The highest BCUT2D eigenvalue weighted by Crippen LogP contribution is 2.32. The van der Waals surface area contributed by atoms with E-state index in [1.165, 1.54) is 24.2 Å². The molecular weight excluding hydrogens is 265 g/mol. The number of H-pyrrole nitrogens is 1. The van der Waals surface area contributed by atoms with Crippen LogP contribution in [0.5, 0.6) is 0 Å². The normalized spacial score (nSPS) is 11.1. The molecule has 2 heterocycles. The fourth-order valence-corrected chi connectivity index (χ4v) is 2.77. The topological polar surface area (TPSA) is 80.5 Å². The molecule has 7 heteroatoms. The summed E-state index contributed by atoms with van der Waals surface area (Å²) in [7, 11) is 0. The summed E-state index contributed by atoms with van der Waals surface area (Å²) in [5, 5.41) is 0.697. The summed E-state index contributed by atoms with van der Waals surface area (Å²) in [5.74, 6) is -0.303. The second kappa shape index (κ2) is 4.94. The smallest absolute Gasteiger partial charge is 0.181 e. The molecule has 0 atom stereocenters. The third-order valence-electron chi connectivity index (χ3n) is 2.67. The first-order chi connectivity index (χ1) is 9.29. The van der Waals surface area contributed by atoms with Crippen LogP contribution in [0.15, 0.2) is 40.8 Å². The van der Waals surface area contributed by atoms with E-state index in [0.717, 1.165) is 10.4 Å². The van der Waals surface area contributed by atoms with E-state index in [9.17, 15) is 4.39 Å². The second-order valence-electron chi connectivity index (χ2n) is 3.80. The number of nitrogens with two attached hydrogens (primary N) is 1. The second-order valence-corrected chi connectivity index (χ2v) is 4.83. The van der Waals surface area contributed by atoms with Gasteiger partial charge in [-0.3, -0.25) is 0 Å². The Morgan fingerprint density at radius 3 is 3.00 bits per heavy atom. The zero-order chi connectivity index (χ0) is 13.2. The van der Waals surface area contributed by atoms with Crippen molar-refractivity contribution >= 4 is 22.9 Å². The summed E-state index contributed by atoms with van der Waals surface area (Å²) in [5.41, 5.74) is 7.40. The standard InChI is InChI=1S/C12H10FN5S/c13-8-2-1-3-9(7(8)4-14)19-12-10-11(16-5-15-10)17-6-18-12/h1-3,5-6H,4,14H2,(H,15,16,17,18). The van der Waals surface area contributed by atoms with E-state index in [-0.39, 0.29) is 12.4 Å². The van der Waals surface area contributed by atoms with Gasteiger partial charge in [0.05, 0.1) is 6.33 Å². The first kappa shape index (κ1) is 12.1. The molecule has 5 nitrogen and oxygen atoms in total. The van der Waals surface area contributed by atoms with Crippen LogP contribution < -0.4 is 5.73 Å². The van der Waals surface area contributed by atoms with E-state index in [1.807, 2.05) is 6.07 Å². The van der Waals surface area contributed by atoms with Crippen LogP contribution >= 0.6 is 11.8 Å². The molecule has 0 amide bonds. The van der Waals surface area contributed by atoms with Crippen molar-refractivity contribution in [3.8, 4) is 0 Å². The maximum absolute atomic E-state index is 13.7. The molecule has 0 aliphatic rings. The highest BCUT2D eigenvalue weighted by atomic mass is 32.2. The van der Waals surface area contributed by atoms with Gasteiger partial charge in [-0.05, 0) is 12.1 Å². The minimum Gasteiger partial charge on any atom is -0.341 e. The summed E-state index contributed by atoms with van der Waals surface area (Å²) in [6.07, 6.45) is 2.99. The molecule has 1 aromatic carbocycles. The number of rotatable bonds is 3. The van der Waals surface area contributed by atoms with Crippen LogP contribution in [-0.4, -0.2) is 19.9 Å². The highest BCUT2D eigenvalue weighted by molar-refractivity contribution is 7.99. The summed E-state index contributed by atoms with van der Waals surface area (Å²) < 4.78 is 13.7. The number of aromatic nitrogens is 4. The van der Waals surface area contributed by atoms with E-state index in [0.29, 0.717) is 16.2 Å². The minimum absolute atomic E-state index is 0.145. The van der Waals surface area contributed by atoms with Gasteiger partial charge < -0.3 is 10.7 Å². The number of hydrogen-bond donors (Lipinski definition) is 2. The summed E-state index contributed by atoms with van der Waals surface area (Å²) in [6.45, 7) is 0.145. The first-order valence-corrected chi connectivity index (χ1v) is 6.40. The molecule has 0 unspecified atom stereocenters. The first-order valence-electron chi connectivity index (χ1n) is 5.59. The number of fused-ring (bicyclic) bond motifs is 1. The third kappa shape index (κ3) is 2.18. The largest absolute Gasteiger partial charge is 0.341 e. The van der Waals surface area contributed by atoms with Crippen LogP contribution in [-0.2, 0) is 6.54 Å². The van der Waals surface area contributed by atoms with Crippen molar-refractivity contribution in [1.29, 1.82) is 0 Å². The Morgan fingerprint density at radius 1 is 1.26 bits per heavy atom. The number of imidazole rings is 1. The van der Waals surface area contributed by atoms with Crippen molar-refractivity contribution in [1.82, 2.24) is 19.9 Å². The van der Waals surface area contributed by atoms with Crippen molar-refractivity contribution < 1.29 is 4.39 Å². The molecule has 0 fully saturated rings. The quantitative estimate of drug-likeness (QED) is 0.715. The maximum atomic E-state index is 13.7. The molecule has 0 aliphatic carbocycles. The predicted octanol–water partition coefficient (Wildman–Crippen LogP) is 2.10. The lowest BCUT2D eigenvalue weighted by molar-refractivity contribution is 0.604. The van der Waals surface area contributed by atoms with Crippen molar-refractivity contribution in [3.63, 3.8) is 0 Å². The zero-order valence-electron chi connectivity index (χ0n) is 9.80. The molecule has 0 saturated heterocycles. The summed E-state index contributed by atoms with van der Waals surface area (Å²) in [4.78, 5) is 16.0. The lowest BCUT2D eigenvalue weighted by Gasteiger charge is -2.07. The molecule has 96 valence electrons. The van der Waals surface area contributed by atoms with Gasteiger partial charge in [-0.25, -0.2) is 19.3 Å². The average Bonchev–Trinajstić information content (AvgIpc) is 2.88. The Labute approximate surface area is 112 Å². The molecule has 0 saturated carbocycles. The lowest BCUT2D eigenvalue weighted by atomic mass is 10.2. The van der Waals surface area contributed by atoms with Gasteiger partial charge in [0.1, 0.15) is 22.7 Å². The Kier molecular flexibility index (Phi) is 3.14. The van der Waals surface area contributed by atoms with E-state index in [1.54, 1.807) is 12.4 Å². The van der Waals surface area contributed by atoms with Crippen LogP contribution in [0, 0.1) is 5.82 Å². The van der Waals surface area contributed by atoms with Crippen molar-refractivity contribution in [2.75, 3.05) is 0 Å². The van der Waals surface area contributed by atoms with Crippen molar-refractivity contribution in [3.05, 3.63) is 42.2 Å². The summed E-state index contributed by atoms with van der Waals surface area (Å²) in [6, 6.07) is 4.88. The monoisotopic (exact) mass is 275 g/mol. The highest BCUT2D eigenvalue weighted by Gasteiger charge is 2.12. The Hall–Kier alpha value is -1.99. The fraction of sp³-hybridized carbons (Fsp3) is 0.0833. The fourth-order valence-electron chi connectivity index (χ4n) is 1.76. The van der Waals surface area contributed by atoms with E-state index in [4.69, 9.17) is 5.73 Å². The maximum Gasteiger partial charge on any atom is 0.181 e. The number of nitrogens with one attached hydrogen (secondary N) is 1. The van der Waals surface area contributed by atoms with Crippen LogP contribution in [0.1, 0.15) is 5.56 Å². The van der Waals surface area contributed by atoms with E-state index < -0.39 is 0 Å². The number of benzene rings is 1. The molecule has 3 aromatic rings. The van der Waals surface area contributed by atoms with Gasteiger partial charge in [-0.15, -0.1) is 0 Å². The van der Waals surface area contributed by atoms with Gasteiger partial charge in [-0.2, -0.15) is 0 Å². The SMILES string of the molecule is NCc1c(F)cccc1Sc1ncnc2nc[nH]c12. The molecule has 19 heavy (non-hydrogen) atoms. The molecule has 0 radical (unpaired) electrons. The predicted molar refractivity (Wildman–Crippen MR) is 70.1 cm³/mol. The van der Waals surface area contributed by atoms with Gasteiger partial charge in [0.15, 0.2) is 5.65 Å². The molecule has 3 rings (SSSR count). The molecule has 3 N–H and O–H groups in total. The number of aromatic amines is 1. The van der Waals surface area contributed by atoms with Crippen LogP contribution in [0.3, 0.4) is 0 Å². The van der Waals surface area contributed by atoms with E-state index in [2.05, 4.69) is 19.9 Å². The number of halogens is 1. The molecule has 2 aromatic heterocycles. The van der Waals surface area contributed by atoms with Crippen molar-refractivity contribution in [2.24, 2.45) is 5.73 Å². The number of nitrogens with zero attached hydrogens (tertiary/aromatic N) is 3. The van der Waals surface area contributed by atoms with Gasteiger partial charge in [0, 0.05) is 17.0 Å².